The van der Waals surface area contributed by atoms with Gasteiger partial charge in [0.2, 0.25) is 0 Å². The zero-order valence-electron chi connectivity index (χ0n) is 12.7. The van der Waals surface area contributed by atoms with Gasteiger partial charge in [-0.1, -0.05) is 6.07 Å². The van der Waals surface area contributed by atoms with Crippen molar-refractivity contribution in [2.75, 3.05) is 18.2 Å². The summed E-state index contributed by atoms with van der Waals surface area (Å²) in [4.78, 5) is 28.8. The Hall–Kier alpha value is -3.37. The molecule has 0 aliphatic rings. The standard InChI is InChI=1S/C12H12N4O2.C2HF3O2/c1-18-9-6-10(13)15-7-8(9)12(17)16-11-4-2-3-5-14-11;3-2(4,5)1(6)7/h2-7H,1H3,(H2,13,15)(H,14,16,17);(H,6,7). The van der Waals surface area contributed by atoms with Crippen molar-refractivity contribution in [2.24, 2.45) is 0 Å². The molecule has 2 heterocycles. The van der Waals surface area contributed by atoms with Crippen molar-refractivity contribution < 1.29 is 32.6 Å². The van der Waals surface area contributed by atoms with Gasteiger partial charge in [0.05, 0.1) is 7.11 Å². The molecule has 0 saturated carbocycles. The molecule has 4 N–H and O–H groups in total. The van der Waals surface area contributed by atoms with Gasteiger partial charge in [0.25, 0.3) is 5.91 Å². The molecule has 0 aliphatic carbocycles. The van der Waals surface area contributed by atoms with Crippen LogP contribution in [0.1, 0.15) is 10.4 Å². The number of nitrogens with one attached hydrogen (secondary N) is 1. The summed E-state index contributed by atoms with van der Waals surface area (Å²) in [6.45, 7) is 0. The minimum atomic E-state index is -5.08. The van der Waals surface area contributed by atoms with Crippen molar-refractivity contribution in [3.05, 3.63) is 42.2 Å². The van der Waals surface area contributed by atoms with Crippen molar-refractivity contribution in [1.29, 1.82) is 0 Å². The summed E-state index contributed by atoms with van der Waals surface area (Å²) in [6.07, 6.45) is -2.12. The number of carbonyl (C=O) groups excluding carboxylic acids is 1. The monoisotopic (exact) mass is 358 g/mol. The Labute approximate surface area is 139 Å². The van der Waals surface area contributed by atoms with E-state index in [0.717, 1.165) is 0 Å². The summed E-state index contributed by atoms with van der Waals surface area (Å²) < 4.78 is 36.8. The van der Waals surface area contributed by atoms with Crippen LogP contribution in [0.5, 0.6) is 5.75 Å². The number of methoxy groups -OCH3 is 1. The fraction of sp³-hybridized carbons (Fsp3) is 0.143. The first-order valence-electron chi connectivity index (χ1n) is 6.47. The quantitative estimate of drug-likeness (QED) is 0.765. The number of hydrogen-bond acceptors (Lipinski definition) is 6. The molecule has 0 unspecified atom stereocenters. The molecule has 0 atom stereocenters. The molecule has 0 radical (unpaired) electrons. The Bertz CT molecular complexity index is 739. The van der Waals surface area contributed by atoms with Crippen molar-refractivity contribution in [3.63, 3.8) is 0 Å². The highest BCUT2D eigenvalue weighted by Gasteiger charge is 2.38. The lowest BCUT2D eigenvalue weighted by atomic mass is 10.2. The van der Waals surface area contributed by atoms with Crippen LogP contribution in [-0.2, 0) is 4.79 Å². The molecule has 0 aliphatic heterocycles. The van der Waals surface area contributed by atoms with Crippen LogP contribution in [0.15, 0.2) is 36.7 Å². The summed E-state index contributed by atoms with van der Waals surface area (Å²) in [5, 5.41) is 9.77. The molecule has 25 heavy (non-hydrogen) atoms. The first kappa shape index (κ1) is 19.7. The number of alkyl halides is 3. The topological polar surface area (TPSA) is 127 Å². The molecule has 8 nitrogen and oxygen atoms in total. The third kappa shape index (κ3) is 6.33. The van der Waals surface area contributed by atoms with Gasteiger partial charge in [0.15, 0.2) is 0 Å². The van der Waals surface area contributed by atoms with Crippen molar-refractivity contribution in [3.8, 4) is 5.75 Å². The predicted molar refractivity (Wildman–Crippen MR) is 81.1 cm³/mol. The molecule has 0 aromatic carbocycles. The van der Waals surface area contributed by atoms with E-state index in [9.17, 15) is 18.0 Å². The first-order chi connectivity index (χ1) is 11.6. The molecule has 0 bridgehead atoms. The summed E-state index contributed by atoms with van der Waals surface area (Å²) >= 11 is 0. The van der Waals surface area contributed by atoms with E-state index in [4.69, 9.17) is 20.4 Å². The molecule has 134 valence electrons. The van der Waals surface area contributed by atoms with Gasteiger partial charge in [-0.3, -0.25) is 4.79 Å². The highest BCUT2D eigenvalue weighted by molar-refractivity contribution is 6.05. The van der Waals surface area contributed by atoms with E-state index in [1.807, 2.05) is 0 Å². The van der Waals surface area contributed by atoms with Crippen LogP contribution in [0.4, 0.5) is 24.8 Å². The van der Waals surface area contributed by atoms with E-state index in [1.54, 1.807) is 24.4 Å². The number of amides is 1. The summed E-state index contributed by atoms with van der Waals surface area (Å²) in [5.41, 5.74) is 5.82. The van der Waals surface area contributed by atoms with Gasteiger partial charge in [0.1, 0.15) is 22.9 Å². The maximum Gasteiger partial charge on any atom is 0.490 e. The normalized spacial score (nSPS) is 10.2. The van der Waals surface area contributed by atoms with E-state index >= 15 is 0 Å². The maximum atomic E-state index is 12.0. The maximum absolute atomic E-state index is 12.0. The SMILES string of the molecule is COc1cc(N)ncc1C(=O)Nc1ccccn1.O=C(O)C(F)(F)F. The van der Waals surface area contributed by atoms with E-state index < -0.39 is 12.1 Å². The summed E-state index contributed by atoms with van der Waals surface area (Å²) in [7, 11) is 1.46. The Morgan fingerprint density at radius 3 is 2.40 bits per heavy atom. The molecule has 11 heteroatoms. The van der Waals surface area contributed by atoms with Crippen LogP contribution >= 0.6 is 0 Å². The minimum absolute atomic E-state index is 0.293. The molecule has 2 aromatic heterocycles. The Morgan fingerprint density at radius 2 is 1.92 bits per heavy atom. The second-order valence-corrected chi connectivity index (χ2v) is 4.28. The predicted octanol–water partition coefficient (Wildman–Crippen LogP) is 1.95. The van der Waals surface area contributed by atoms with Crippen LogP contribution in [0.25, 0.3) is 0 Å². The number of nitrogens with two attached hydrogens (primary N) is 1. The van der Waals surface area contributed by atoms with Crippen LogP contribution in [0.3, 0.4) is 0 Å². The van der Waals surface area contributed by atoms with Crippen molar-refractivity contribution in [2.45, 2.75) is 6.18 Å². The Morgan fingerprint density at radius 1 is 1.28 bits per heavy atom. The number of hydrogen-bond donors (Lipinski definition) is 3. The average molecular weight is 358 g/mol. The third-order valence-corrected chi connectivity index (χ3v) is 2.50. The molecule has 0 spiro atoms. The fourth-order valence-corrected chi connectivity index (χ4v) is 1.41. The lowest BCUT2D eigenvalue weighted by molar-refractivity contribution is -0.192. The summed E-state index contributed by atoms with van der Waals surface area (Å²) in [6, 6.07) is 6.73. The number of pyridine rings is 2. The first-order valence-corrected chi connectivity index (χ1v) is 6.47. The Kier molecular flexibility index (Phi) is 6.67. The van der Waals surface area contributed by atoms with Gasteiger partial charge in [-0.25, -0.2) is 14.8 Å². The number of halogens is 3. The van der Waals surface area contributed by atoms with Crippen LogP contribution in [-0.4, -0.2) is 40.2 Å². The number of nitrogens with zero attached hydrogens (tertiary/aromatic N) is 2. The van der Waals surface area contributed by atoms with Gasteiger partial charge in [-0.15, -0.1) is 0 Å². The lowest BCUT2D eigenvalue weighted by Crippen LogP contribution is -2.21. The van der Waals surface area contributed by atoms with Crippen LogP contribution in [0, 0.1) is 0 Å². The van der Waals surface area contributed by atoms with E-state index in [1.165, 1.54) is 19.4 Å². The van der Waals surface area contributed by atoms with Gasteiger partial charge < -0.3 is 20.9 Å². The van der Waals surface area contributed by atoms with Gasteiger partial charge in [-0.05, 0) is 12.1 Å². The smallest absolute Gasteiger partial charge is 0.490 e. The minimum Gasteiger partial charge on any atom is -0.496 e. The number of aliphatic carboxylic acids is 1. The van der Waals surface area contributed by atoms with Gasteiger partial charge >= 0.3 is 12.1 Å². The molecule has 0 fully saturated rings. The summed E-state index contributed by atoms with van der Waals surface area (Å²) in [5.74, 6) is -1.98. The number of nitrogen functional groups attached to an aromatic ring is 1. The third-order valence-electron chi connectivity index (χ3n) is 2.50. The van der Waals surface area contributed by atoms with E-state index in [2.05, 4.69) is 15.3 Å². The number of rotatable bonds is 3. The molecule has 0 saturated heterocycles. The number of ether oxygens (including phenoxy) is 1. The molecular weight excluding hydrogens is 345 g/mol. The zero-order chi connectivity index (χ0) is 19.0. The molecule has 2 rings (SSSR count). The fourth-order valence-electron chi connectivity index (χ4n) is 1.41. The highest BCUT2D eigenvalue weighted by Crippen LogP contribution is 2.20. The van der Waals surface area contributed by atoms with Crippen molar-refractivity contribution >= 4 is 23.5 Å². The number of carboxylic acid groups (broad SMARTS) is 1. The van der Waals surface area contributed by atoms with E-state index in [0.29, 0.717) is 22.9 Å². The van der Waals surface area contributed by atoms with Crippen LogP contribution < -0.4 is 15.8 Å². The zero-order valence-corrected chi connectivity index (χ0v) is 12.7. The second kappa shape index (κ2) is 8.47. The average Bonchev–Trinajstić information content (AvgIpc) is 2.55. The largest absolute Gasteiger partial charge is 0.496 e. The lowest BCUT2D eigenvalue weighted by Gasteiger charge is -2.08. The molecular formula is C14H13F3N4O4. The number of anilines is 2. The van der Waals surface area contributed by atoms with Gasteiger partial charge in [0, 0.05) is 18.5 Å². The number of carboxylic acids is 1. The second-order valence-electron chi connectivity index (χ2n) is 4.28. The van der Waals surface area contributed by atoms with Crippen LogP contribution in [0.2, 0.25) is 0 Å². The number of carbonyl (C=O) groups is 2. The van der Waals surface area contributed by atoms with E-state index in [-0.39, 0.29) is 5.91 Å². The number of aromatic nitrogens is 2. The molecule has 2 aromatic rings. The van der Waals surface area contributed by atoms with Crippen molar-refractivity contribution in [1.82, 2.24) is 9.97 Å². The van der Waals surface area contributed by atoms with Gasteiger partial charge in [-0.2, -0.15) is 13.2 Å². The Balaban J connectivity index is 0.000000381. The molecule has 1 amide bonds. The highest BCUT2D eigenvalue weighted by atomic mass is 19.4.